The summed E-state index contributed by atoms with van der Waals surface area (Å²) in [5.74, 6) is 0. The van der Waals surface area contributed by atoms with Gasteiger partial charge in [-0.15, -0.1) is 0 Å². The molecule has 1 aromatic heterocycles. The lowest BCUT2D eigenvalue weighted by Crippen LogP contribution is -2.23. The molecule has 0 saturated heterocycles. The van der Waals surface area contributed by atoms with Crippen LogP contribution >= 0.6 is 27.5 Å². The van der Waals surface area contributed by atoms with Crippen LogP contribution in [0.25, 0.3) is 0 Å². The second-order valence-corrected chi connectivity index (χ2v) is 7.81. The standard InChI is InChI=1S/C14H15BrClN3O2S/c1-19(2)11-5-3-10(4-6-11)8-18-22(20,21)12-7-13(15)14(16)17-9-12/h3-7,9,18H,8H2,1-2H3. The average molecular weight is 405 g/mol. The molecule has 0 radical (unpaired) electrons. The number of anilines is 1. The van der Waals surface area contributed by atoms with E-state index in [9.17, 15) is 8.42 Å². The zero-order valence-corrected chi connectivity index (χ0v) is 15.2. The van der Waals surface area contributed by atoms with Gasteiger partial charge in [-0.25, -0.2) is 18.1 Å². The number of halogens is 2. The van der Waals surface area contributed by atoms with E-state index in [0.29, 0.717) is 4.47 Å². The Morgan fingerprint density at radius 1 is 1.27 bits per heavy atom. The minimum Gasteiger partial charge on any atom is -0.378 e. The minimum absolute atomic E-state index is 0.0636. The van der Waals surface area contributed by atoms with Crippen LogP contribution in [0.15, 0.2) is 45.9 Å². The topological polar surface area (TPSA) is 62.3 Å². The van der Waals surface area contributed by atoms with Gasteiger partial charge >= 0.3 is 0 Å². The van der Waals surface area contributed by atoms with Crippen molar-refractivity contribution in [2.24, 2.45) is 0 Å². The van der Waals surface area contributed by atoms with Crippen LogP contribution in [0.4, 0.5) is 5.69 Å². The molecule has 22 heavy (non-hydrogen) atoms. The van der Waals surface area contributed by atoms with E-state index < -0.39 is 10.0 Å². The number of rotatable bonds is 5. The third-order valence-corrected chi connectivity index (χ3v) is 5.50. The summed E-state index contributed by atoms with van der Waals surface area (Å²) < 4.78 is 27.4. The largest absolute Gasteiger partial charge is 0.378 e. The Bertz CT molecular complexity index is 764. The van der Waals surface area contributed by atoms with E-state index in [4.69, 9.17) is 11.6 Å². The highest BCUT2D eigenvalue weighted by Crippen LogP contribution is 2.22. The molecule has 1 aromatic carbocycles. The minimum atomic E-state index is -3.64. The van der Waals surface area contributed by atoms with Crippen molar-refractivity contribution in [2.75, 3.05) is 19.0 Å². The molecular weight excluding hydrogens is 390 g/mol. The average Bonchev–Trinajstić information content (AvgIpc) is 2.48. The molecule has 0 atom stereocenters. The Morgan fingerprint density at radius 2 is 1.91 bits per heavy atom. The highest BCUT2D eigenvalue weighted by molar-refractivity contribution is 9.10. The number of hydrogen-bond donors (Lipinski definition) is 1. The quantitative estimate of drug-likeness (QED) is 0.778. The maximum atomic E-state index is 12.2. The predicted octanol–water partition coefficient (Wildman–Crippen LogP) is 3.04. The smallest absolute Gasteiger partial charge is 0.242 e. The first-order valence-corrected chi connectivity index (χ1v) is 9.02. The van der Waals surface area contributed by atoms with Crippen molar-refractivity contribution >= 4 is 43.2 Å². The van der Waals surface area contributed by atoms with E-state index in [2.05, 4.69) is 25.6 Å². The number of nitrogens with one attached hydrogen (secondary N) is 1. The fraction of sp³-hybridized carbons (Fsp3) is 0.214. The van der Waals surface area contributed by atoms with Gasteiger partial charge in [-0.3, -0.25) is 0 Å². The van der Waals surface area contributed by atoms with E-state index in [1.165, 1.54) is 12.3 Å². The number of pyridine rings is 1. The molecule has 0 spiro atoms. The molecule has 0 amide bonds. The molecule has 0 aliphatic carbocycles. The Labute approximate surface area is 143 Å². The zero-order chi connectivity index (χ0) is 16.3. The van der Waals surface area contributed by atoms with E-state index in [1.807, 2.05) is 43.3 Å². The van der Waals surface area contributed by atoms with Gasteiger partial charge in [-0.2, -0.15) is 0 Å². The number of aromatic nitrogens is 1. The monoisotopic (exact) mass is 403 g/mol. The van der Waals surface area contributed by atoms with Crippen LogP contribution < -0.4 is 9.62 Å². The van der Waals surface area contributed by atoms with Crippen LogP contribution in [0.3, 0.4) is 0 Å². The molecular formula is C14H15BrClN3O2S. The third kappa shape index (κ3) is 4.19. The molecule has 0 bridgehead atoms. The van der Waals surface area contributed by atoms with Gasteiger partial charge in [0.2, 0.25) is 10.0 Å². The molecule has 118 valence electrons. The molecule has 0 aliphatic heterocycles. The molecule has 0 aliphatic rings. The van der Waals surface area contributed by atoms with Crippen LogP contribution in [0, 0.1) is 0 Å². The number of hydrogen-bond acceptors (Lipinski definition) is 4. The summed E-state index contributed by atoms with van der Waals surface area (Å²) >= 11 is 8.93. The summed E-state index contributed by atoms with van der Waals surface area (Å²) in [6.07, 6.45) is 1.23. The van der Waals surface area contributed by atoms with E-state index >= 15 is 0 Å². The predicted molar refractivity (Wildman–Crippen MR) is 91.7 cm³/mol. The fourth-order valence-corrected chi connectivity index (χ4v) is 3.32. The van der Waals surface area contributed by atoms with E-state index in [-0.39, 0.29) is 16.6 Å². The van der Waals surface area contributed by atoms with Gasteiger partial charge < -0.3 is 4.90 Å². The maximum Gasteiger partial charge on any atom is 0.242 e. The summed E-state index contributed by atoms with van der Waals surface area (Å²) in [6, 6.07) is 9.06. The zero-order valence-electron chi connectivity index (χ0n) is 12.0. The Hall–Kier alpha value is -1.15. The summed E-state index contributed by atoms with van der Waals surface area (Å²) in [6.45, 7) is 0.205. The van der Waals surface area contributed by atoms with Gasteiger partial charge in [0.15, 0.2) is 0 Å². The van der Waals surface area contributed by atoms with Crippen molar-refractivity contribution < 1.29 is 8.42 Å². The van der Waals surface area contributed by atoms with E-state index in [0.717, 1.165) is 11.3 Å². The lowest BCUT2D eigenvalue weighted by Gasteiger charge is -2.13. The van der Waals surface area contributed by atoms with Gasteiger partial charge in [-0.05, 0) is 39.7 Å². The molecule has 0 fully saturated rings. The molecule has 0 saturated carbocycles. The summed E-state index contributed by atoms with van der Waals surface area (Å²) in [4.78, 5) is 5.87. The molecule has 5 nitrogen and oxygen atoms in total. The van der Waals surface area contributed by atoms with Crippen LogP contribution in [0.1, 0.15) is 5.56 Å². The van der Waals surface area contributed by atoms with Gasteiger partial charge in [0.25, 0.3) is 0 Å². The second-order valence-electron chi connectivity index (χ2n) is 4.83. The highest BCUT2D eigenvalue weighted by Gasteiger charge is 2.15. The van der Waals surface area contributed by atoms with Crippen LogP contribution in [0.2, 0.25) is 5.15 Å². The van der Waals surface area contributed by atoms with Crippen molar-refractivity contribution in [2.45, 2.75) is 11.4 Å². The highest BCUT2D eigenvalue weighted by atomic mass is 79.9. The Morgan fingerprint density at radius 3 is 2.45 bits per heavy atom. The molecule has 2 aromatic rings. The summed E-state index contributed by atoms with van der Waals surface area (Å²) in [5.41, 5.74) is 1.92. The Kier molecular flexibility index (Phi) is 5.44. The van der Waals surface area contributed by atoms with Crippen molar-refractivity contribution in [3.63, 3.8) is 0 Å². The molecule has 1 heterocycles. The Balaban J connectivity index is 2.10. The summed E-state index contributed by atoms with van der Waals surface area (Å²) in [5, 5.41) is 0.221. The molecule has 2 rings (SSSR count). The van der Waals surface area contributed by atoms with E-state index in [1.54, 1.807) is 0 Å². The summed E-state index contributed by atoms with van der Waals surface area (Å²) in [7, 11) is 0.259. The van der Waals surface area contributed by atoms with Crippen LogP contribution in [-0.4, -0.2) is 27.5 Å². The number of benzene rings is 1. The lowest BCUT2D eigenvalue weighted by molar-refractivity contribution is 0.581. The fourth-order valence-electron chi connectivity index (χ4n) is 1.72. The first-order valence-electron chi connectivity index (χ1n) is 6.36. The lowest BCUT2D eigenvalue weighted by atomic mass is 10.2. The van der Waals surface area contributed by atoms with Crippen molar-refractivity contribution in [3.05, 3.63) is 51.7 Å². The van der Waals surface area contributed by atoms with Crippen LogP contribution in [0.5, 0.6) is 0 Å². The third-order valence-electron chi connectivity index (χ3n) is 3.00. The maximum absolute atomic E-state index is 12.2. The van der Waals surface area contributed by atoms with Crippen molar-refractivity contribution in [1.29, 1.82) is 0 Å². The molecule has 0 unspecified atom stereocenters. The van der Waals surface area contributed by atoms with Gasteiger partial charge in [0, 0.05) is 32.5 Å². The van der Waals surface area contributed by atoms with Crippen molar-refractivity contribution in [3.8, 4) is 0 Å². The first kappa shape index (κ1) is 17.2. The SMILES string of the molecule is CN(C)c1ccc(CNS(=O)(=O)c2cnc(Cl)c(Br)c2)cc1. The van der Waals surface area contributed by atoms with Crippen molar-refractivity contribution in [1.82, 2.24) is 9.71 Å². The van der Waals surface area contributed by atoms with Gasteiger partial charge in [0.1, 0.15) is 10.0 Å². The second kappa shape index (κ2) is 6.95. The molecule has 1 N–H and O–H groups in total. The first-order chi connectivity index (χ1) is 10.3. The normalized spacial score (nSPS) is 11.5. The van der Waals surface area contributed by atoms with Crippen LogP contribution in [-0.2, 0) is 16.6 Å². The molecule has 8 heteroatoms. The van der Waals surface area contributed by atoms with Gasteiger partial charge in [0.05, 0.1) is 4.47 Å². The number of sulfonamides is 1. The number of nitrogens with zero attached hydrogens (tertiary/aromatic N) is 2. The van der Waals surface area contributed by atoms with Gasteiger partial charge in [-0.1, -0.05) is 23.7 Å².